The second kappa shape index (κ2) is 9.87. The lowest BCUT2D eigenvalue weighted by Crippen LogP contribution is -2.45. The normalized spacial score (nSPS) is 12.9. The number of carbonyl (C=O) groups is 3. The largest absolute Gasteiger partial charge is 0.481 e. The highest BCUT2D eigenvalue weighted by molar-refractivity contribution is 9.10. The summed E-state index contributed by atoms with van der Waals surface area (Å²) in [6, 6.07) is 21.4. The van der Waals surface area contributed by atoms with Gasteiger partial charge in [0.2, 0.25) is 5.91 Å². The molecule has 168 valence electrons. The van der Waals surface area contributed by atoms with Crippen molar-refractivity contribution in [1.29, 1.82) is 0 Å². The minimum atomic E-state index is -1.29. The van der Waals surface area contributed by atoms with Crippen LogP contribution in [0.1, 0.15) is 23.5 Å². The number of ether oxygens (including phenoxy) is 1. The molecule has 1 unspecified atom stereocenters. The number of rotatable bonds is 7. The Labute approximate surface area is 198 Å². The highest BCUT2D eigenvalue weighted by Gasteiger charge is 2.30. The quantitative estimate of drug-likeness (QED) is 0.426. The van der Waals surface area contributed by atoms with E-state index in [1.165, 1.54) is 0 Å². The van der Waals surface area contributed by atoms with Gasteiger partial charge in [0.05, 0.1) is 6.42 Å². The monoisotopic (exact) mass is 508 g/mol. The van der Waals surface area contributed by atoms with Crippen molar-refractivity contribution in [3.05, 3.63) is 88.4 Å². The van der Waals surface area contributed by atoms with E-state index >= 15 is 0 Å². The number of hydrogen-bond donors (Lipinski definition) is 3. The molecule has 3 aromatic carbocycles. The fourth-order valence-electron chi connectivity index (χ4n) is 3.96. The van der Waals surface area contributed by atoms with Crippen LogP contribution in [0.5, 0.6) is 0 Å². The molecule has 0 aliphatic heterocycles. The van der Waals surface area contributed by atoms with E-state index in [9.17, 15) is 19.5 Å². The summed E-state index contributed by atoms with van der Waals surface area (Å²) in [5.74, 6) is -2.01. The summed E-state index contributed by atoms with van der Waals surface area (Å²) in [5.41, 5.74) is 4.78. The van der Waals surface area contributed by atoms with Gasteiger partial charge in [-0.25, -0.2) is 4.79 Å². The van der Waals surface area contributed by atoms with Crippen LogP contribution in [0.2, 0.25) is 0 Å². The zero-order valence-electron chi connectivity index (χ0n) is 17.5. The van der Waals surface area contributed by atoms with Crippen molar-refractivity contribution in [3.8, 4) is 11.1 Å². The number of nitrogens with one attached hydrogen (secondary N) is 2. The summed E-state index contributed by atoms with van der Waals surface area (Å²) in [5, 5.41) is 14.2. The lowest BCUT2D eigenvalue weighted by Gasteiger charge is -2.19. The zero-order valence-corrected chi connectivity index (χ0v) is 19.0. The van der Waals surface area contributed by atoms with Crippen molar-refractivity contribution in [1.82, 2.24) is 5.32 Å². The molecular weight excluding hydrogens is 488 g/mol. The van der Waals surface area contributed by atoms with E-state index in [-0.39, 0.29) is 12.5 Å². The molecule has 0 spiro atoms. The Morgan fingerprint density at radius 2 is 1.58 bits per heavy atom. The highest BCUT2D eigenvalue weighted by atomic mass is 79.9. The van der Waals surface area contributed by atoms with Crippen molar-refractivity contribution in [3.63, 3.8) is 0 Å². The first-order chi connectivity index (χ1) is 15.9. The number of carboxylic acids is 1. The summed E-state index contributed by atoms with van der Waals surface area (Å²) in [6.07, 6.45) is -1.43. The van der Waals surface area contributed by atoms with E-state index in [4.69, 9.17) is 4.74 Å². The van der Waals surface area contributed by atoms with Crippen LogP contribution in [0.25, 0.3) is 11.1 Å². The number of anilines is 1. The molecule has 1 aliphatic rings. The van der Waals surface area contributed by atoms with Crippen molar-refractivity contribution < 1.29 is 24.2 Å². The van der Waals surface area contributed by atoms with Gasteiger partial charge in [-0.1, -0.05) is 70.5 Å². The topological polar surface area (TPSA) is 105 Å². The maximum Gasteiger partial charge on any atom is 0.407 e. The molecule has 0 heterocycles. The fraction of sp³-hybridized carbons (Fsp3) is 0.160. The molecule has 0 saturated carbocycles. The Hall–Kier alpha value is -3.65. The molecule has 8 heteroatoms. The molecular formula is C25H21BrN2O5. The lowest BCUT2D eigenvalue weighted by atomic mass is 9.98. The van der Waals surface area contributed by atoms with Crippen molar-refractivity contribution in [2.75, 3.05) is 11.9 Å². The van der Waals surface area contributed by atoms with Gasteiger partial charge in [-0.15, -0.1) is 0 Å². The van der Waals surface area contributed by atoms with Gasteiger partial charge in [0.15, 0.2) is 0 Å². The van der Waals surface area contributed by atoms with Gasteiger partial charge in [0.1, 0.15) is 12.6 Å². The molecule has 2 amide bonds. The number of fused-ring (bicyclic) bond motifs is 3. The molecule has 1 aliphatic carbocycles. The predicted molar refractivity (Wildman–Crippen MR) is 127 cm³/mol. The number of carbonyl (C=O) groups excluding carboxylic acids is 2. The smallest absolute Gasteiger partial charge is 0.407 e. The molecule has 3 aromatic rings. The predicted octanol–water partition coefficient (Wildman–Crippen LogP) is 4.77. The third-order valence-corrected chi connectivity index (χ3v) is 5.92. The maximum atomic E-state index is 12.6. The third kappa shape index (κ3) is 5.23. The van der Waals surface area contributed by atoms with Crippen LogP contribution in [0.4, 0.5) is 10.5 Å². The summed E-state index contributed by atoms with van der Waals surface area (Å²) in [6.45, 7) is 0.0624. The number of hydrogen-bond acceptors (Lipinski definition) is 4. The fourth-order valence-corrected chi connectivity index (χ4v) is 4.36. The van der Waals surface area contributed by atoms with E-state index < -0.39 is 30.4 Å². The summed E-state index contributed by atoms with van der Waals surface area (Å²) < 4.78 is 6.19. The number of benzene rings is 3. The van der Waals surface area contributed by atoms with E-state index in [1.54, 1.807) is 24.3 Å². The highest BCUT2D eigenvalue weighted by Crippen LogP contribution is 2.44. The Bertz CT molecular complexity index is 1170. The van der Waals surface area contributed by atoms with E-state index in [0.29, 0.717) is 5.69 Å². The van der Waals surface area contributed by atoms with Gasteiger partial charge in [-0.05, 0) is 40.5 Å². The van der Waals surface area contributed by atoms with Gasteiger partial charge < -0.3 is 20.5 Å². The molecule has 0 aromatic heterocycles. The lowest BCUT2D eigenvalue weighted by molar-refractivity contribution is -0.139. The number of aliphatic carboxylic acids is 1. The average molecular weight is 509 g/mol. The third-order valence-electron chi connectivity index (χ3n) is 5.42. The molecule has 33 heavy (non-hydrogen) atoms. The standard InChI is InChI=1S/C25H21BrN2O5/c26-15-6-5-7-16(12-15)27-24(31)22(13-23(29)30)28-25(32)33-14-21-19-10-3-1-8-17(19)18-9-2-4-11-20(18)21/h1-12,21-22H,13-14H2,(H,27,31)(H,28,32)(H,29,30). The Morgan fingerprint density at radius 3 is 2.18 bits per heavy atom. The molecule has 0 fully saturated rings. The first kappa shape index (κ1) is 22.5. The summed E-state index contributed by atoms with van der Waals surface area (Å²) in [7, 11) is 0. The molecule has 7 nitrogen and oxygen atoms in total. The van der Waals surface area contributed by atoms with Gasteiger partial charge in [-0.3, -0.25) is 9.59 Å². The Kier molecular flexibility index (Phi) is 6.74. The van der Waals surface area contributed by atoms with Gasteiger partial charge in [-0.2, -0.15) is 0 Å². The molecule has 0 saturated heterocycles. The molecule has 3 N–H and O–H groups in total. The first-order valence-electron chi connectivity index (χ1n) is 10.3. The second-order valence-electron chi connectivity index (χ2n) is 7.62. The van der Waals surface area contributed by atoms with Crippen LogP contribution in [0.3, 0.4) is 0 Å². The molecule has 4 rings (SSSR count). The van der Waals surface area contributed by atoms with E-state index in [1.807, 2.05) is 48.5 Å². The van der Waals surface area contributed by atoms with E-state index in [0.717, 1.165) is 26.7 Å². The van der Waals surface area contributed by atoms with Crippen LogP contribution in [-0.2, 0) is 14.3 Å². The van der Waals surface area contributed by atoms with Crippen molar-refractivity contribution in [2.24, 2.45) is 0 Å². The van der Waals surface area contributed by atoms with Gasteiger partial charge in [0.25, 0.3) is 0 Å². The van der Waals surface area contributed by atoms with Gasteiger partial charge in [0, 0.05) is 16.1 Å². The average Bonchev–Trinajstić information content (AvgIpc) is 3.11. The number of carboxylic acid groups (broad SMARTS) is 1. The van der Waals surface area contributed by atoms with Crippen LogP contribution in [-0.4, -0.2) is 35.7 Å². The first-order valence-corrected chi connectivity index (χ1v) is 11.1. The molecule has 0 radical (unpaired) electrons. The number of halogens is 1. The minimum absolute atomic E-state index is 0.0624. The van der Waals surface area contributed by atoms with Crippen LogP contribution in [0.15, 0.2) is 77.3 Å². The maximum absolute atomic E-state index is 12.6. The molecule has 0 bridgehead atoms. The minimum Gasteiger partial charge on any atom is -0.481 e. The van der Waals surface area contributed by atoms with Crippen LogP contribution in [0, 0.1) is 0 Å². The zero-order chi connectivity index (χ0) is 23.4. The number of alkyl carbamates (subject to hydrolysis) is 1. The molecule has 1 atom stereocenters. The summed E-state index contributed by atoms with van der Waals surface area (Å²) >= 11 is 3.31. The van der Waals surface area contributed by atoms with Crippen LogP contribution >= 0.6 is 15.9 Å². The SMILES string of the molecule is O=C(O)CC(NC(=O)OCC1c2ccccc2-c2ccccc21)C(=O)Nc1cccc(Br)c1. The van der Waals surface area contributed by atoms with Crippen molar-refractivity contribution >= 4 is 39.6 Å². The summed E-state index contributed by atoms with van der Waals surface area (Å²) in [4.78, 5) is 36.4. The van der Waals surface area contributed by atoms with Crippen molar-refractivity contribution in [2.45, 2.75) is 18.4 Å². The Balaban J connectivity index is 1.43. The number of amides is 2. The second-order valence-corrected chi connectivity index (χ2v) is 8.54. The van der Waals surface area contributed by atoms with E-state index in [2.05, 4.69) is 26.6 Å². The Morgan fingerprint density at radius 1 is 0.939 bits per heavy atom. The van der Waals surface area contributed by atoms with Crippen LogP contribution < -0.4 is 10.6 Å². The van der Waals surface area contributed by atoms with Gasteiger partial charge >= 0.3 is 12.1 Å².